The molecule has 1 rings (SSSR count). The van der Waals surface area contributed by atoms with Crippen LogP contribution in [0.4, 0.5) is 0 Å². The van der Waals surface area contributed by atoms with Crippen molar-refractivity contribution >= 4 is 0 Å². The molecule has 0 heterocycles. The molecule has 1 aliphatic carbocycles. The van der Waals surface area contributed by atoms with Crippen LogP contribution in [0.1, 0.15) is 40.0 Å². The zero-order valence-electron chi connectivity index (χ0n) is 10.1. The van der Waals surface area contributed by atoms with Crippen molar-refractivity contribution in [2.45, 2.75) is 46.1 Å². The Kier molecular flexibility index (Phi) is 5.49. The van der Waals surface area contributed by atoms with Crippen molar-refractivity contribution in [1.82, 2.24) is 10.2 Å². The molecule has 0 radical (unpaired) electrons. The van der Waals surface area contributed by atoms with Gasteiger partial charge in [0.2, 0.25) is 0 Å². The molecule has 0 aromatic heterocycles. The van der Waals surface area contributed by atoms with Gasteiger partial charge in [-0.15, -0.1) is 0 Å². The van der Waals surface area contributed by atoms with Gasteiger partial charge in [-0.3, -0.25) is 0 Å². The van der Waals surface area contributed by atoms with Crippen LogP contribution in [0.2, 0.25) is 0 Å². The Hall–Kier alpha value is -0.0800. The summed E-state index contributed by atoms with van der Waals surface area (Å²) in [5, 5.41) is 3.48. The van der Waals surface area contributed by atoms with Crippen LogP contribution in [0.25, 0.3) is 0 Å². The topological polar surface area (TPSA) is 15.3 Å². The standard InChI is InChI=1S/C12H26N2/c1-4-14(9-8-13-11(2)3)10-12-6-5-7-12/h11-13H,4-10H2,1-3H3. The van der Waals surface area contributed by atoms with Gasteiger partial charge in [0.05, 0.1) is 0 Å². The Morgan fingerprint density at radius 1 is 1.36 bits per heavy atom. The van der Waals surface area contributed by atoms with E-state index in [2.05, 4.69) is 31.0 Å². The van der Waals surface area contributed by atoms with Gasteiger partial charge in [0, 0.05) is 25.7 Å². The first-order valence-electron chi connectivity index (χ1n) is 6.18. The molecule has 1 saturated carbocycles. The number of nitrogens with zero attached hydrogens (tertiary/aromatic N) is 1. The summed E-state index contributed by atoms with van der Waals surface area (Å²) >= 11 is 0. The fraction of sp³-hybridized carbons (Fsp3) is 1.00. The van der Waals surface area contributed by atoms with Crippen LogP contribution in [0.5, 0.6) is 0 Å². The molecule has 1 aliphatic rings. The Morgan fingerprint density at radius 3 is 2.50 bits per heavy atom. The van der Waals surface area contributed by atoms with Crippen LogP contribution in [0, 0.1) is 5.92 Å². The largest absolute Gasteiger partial charge is 0.313 e. The first kappa shape index (κ1) is 12.0. The third-order valence-corrected chi connectivity index (χ3v) is 3.17. The highest BCUT2D eigenvalue weighted by Crippen LogP contribution is 2.26. The molecule has 0 bridgehead atoms. The highest BCUT2D eigenvalue weighted by Gasteiger charge is 2.19. The molecule has 0 aromatic rings. The average Bonchev–Trinajstić information content (AvgIpc) is 2.07. The highest BCUT2D eigenvalue weighted by molar-refractivity contribution is 4.73. The molecule has 1 fully saturated rings. The Bertz CT molecular complexity index is 141. The van der Waals surface area contributed by atoms with Crippen LogP contribution in [-0.4, -0.2) is 37.1 Å². The van der Waals surface area contributed by atoms with Gasteiger partial charge in [0.15, 0.2) is 0 Å². The SMILES string of the molecule is CCN(CCNC(C)C)CC1CCC1. The normalized spacial score (nSPS) is 17.8. The molecular weight excluding hydrogens is 172 g/mol. The molecule has 0 atom stereocenters. The maximum Gasteiger partial charge on any atom is 0.0107 e. The van der Waals surface area contributed by atoms with Crippen molar-refractivity contribution in [2.24, 2.45) is 5.92 Å². The van der Waals surface area contributed by atoms with E-state index in [9.17, 15) is 0 Å². The van der Waals surface area contributed by atoms with E-state index < -0.39 is 0 Å². The van der Waals surface area contributed by atoms with Gasteiger partial charge in [-0.05, 0) is 25.3 Å². The molecule has 0 amide bonds. The van der Waals surface area contributed by atoms with Crippen LogP contribution in [-0.2, 0) is 0 Å². The first-order chi connectivity index (χ1) is 6.72. The van der Waals surface area contributed by atoms with Crippen molar-refractivity contribution in [2.75, 3.05) is 26.2 Å². The second-order valence-electron chi connectivity index (χ2n) is 4.80. The van der Waals surface area contributed by atoms with Crippen molar-refractivity contribution < 1.29 is 0 Å². The fourth-order valence-corrected chi connectivity index (χ4v) is 1.93. The number of likely N-dealkylation sites (N-methyl/N-ethyl adjacent to an activating group) is 1. The second-order valence-corrected chi connectivity index (χ2v) is 4.80. The molecule has 14 heavy (non-hydrogen) atoms. The lowest BCUT2D eigenvalue weighted by Crippen LogP contribution is -2.38. The predicted molar refractivity (Wildman–Crippen MR) is 62.6 cm³/mol. The van der Waals surface area contributed by atoms with Gasteiger partial charge in [-0.2, -0.15) is 0 Å². The smallest absolute Gasteiger partial charge is 0.0107 e. The summed E-state index contributed by atoms with van der Waals surface area (Å²) in [7, 11) is 0. The van der Waals surface area contributed by atoms with E-state index in [-0.39, 0.29) is 0 Å². The quantitative estimate of drug-likeness (QED) is 0.674. The molecule has 0 aliphatic heterocycles. The van der Waals surface area contributed by atoms with E-state index in [1.807, 2.05) is 0 Å². The Labute approximate surface area is 89.1 Å². The predicted octanol–water partition coefficient (Wildman–Crippen LogP) is 2.11. The monoisotopic (exact) mass is 198 g/mol. The van der Waals surface area contributed by atoms with Crippen molar-refractivity contribution in [1.29, 1.82) is 0 Å². The Balaban J connectivity index is 2.04. The van der Waals surface area contributed by atoms with Crippen LogP contribution >= 0.6 is 0 Å². The van der Waals surface area contributed by atoms with Gasteiger partial charge < -0.3 is 10.2 Å². The molecular formula is C12H26N2. The van der Waals surface area contributed by atoms with E-state index in [4.69, 9.17) is 0 Å². The summed E-state index contributed by atoms with van der Waals surface area (Å²) in [6.45, 7) is 11.6. The van der Waals surface area contributed by atoms with Crippen LogP contribution in [0.3, 0.4) is 0 Å². The van der Waals surface area contributed by atoms with Crippen molar-refractivity contribution in [3.8, 4) is 0 Å². The van der Waals surface area contributed by atoms with Gasteiger partial charge in [0.1, 0.15) is 0 Å². The molecule has 0 spiro atoms. The summed E-state index contributed by atoms with van der Waals surface area (Å²) in [4.78, 5) is 2.58. The number of nitrogens with one attached hydrogen (secondary N) is 1. The summed E-state index contributed by atoms with van der Waals surface area (Å²) in [6.07, 6.45) is 4.40. The van der Waals surface area contributed by atoms with Gasteiger partial charge in [-0.25, -0.2) is 0 Å². The number of hydrogen-bond acceptors (Lipinski definition) is 2. The summed E-state index contributed by atoms with van der Waals surface area (Å²) in [5.41, 5.74) is 0. The summed E-state index contributed by atoms with van der Waals surface area (Å²) in [5.74, 6) is 1.01. The molecule has 2 nitrogen and oxygen atoms in total. The van der Waals surface area contributed by atoms with Gasteiger partial charge in [-0.1, -0.05) is 27.2 Å². The average molecular weight is 198 g/mol. The van der Waals surface area contributed by atoms with Crippen LogP contribution < -0.4 is 5.32 Å². The lowest BCUT2D eigenvalue weighted by molar-refractivity contribution is 0.183. The minimum absolute atomic E-state index is 0.623. The Morgan fingerprint density at radius 2 is 2.07 bits per heavy atom. The van der Waals surface area contributed by atoms with Gasteiger partial charge >= 0.3 is 0 Å². The van der Waals surface area contributed by atoms with E-state index in [1.165, 1.54) is 38.9 Å². The van der Waals surface area contributed by atoms with Crippen molar-refractivity contribution in [3.63, 3.8) is 0 Å². The summed E-state index contributed by atoms with van der Waals surface area (Å²) < 4.78 is 0. The molecule has 0 unspecified atom stereocenters. The third kappa shape index (κ3) is 4.43. The van der Waals surface area contributed by atoms with Crippen molar-refractivity contribution in [3.05, 3.63) is 0 Å². The highest BCUT2D eigenvalue weighted by atomic mass is 15.1. The molecule has 1 N–H and O–H groups in total. The third-order valence-electron chi connectivity index (χ3n) is 3.17. The number of hydrogen-bond donors (Lipinski definition) is 1. The van der Waals surface area contributed by atoms with Gasteiger partial charge in [0.25, 0.3) is 0 Å². The number of rotatable bonds is 7. The maximum absolute atomic E-state index is 3.48. The molecule has 84 valence electrons. The van der Waals surface area contributed by atoms with E-state index in [0.29, 0.717) is 6.04 Å². The second kappa shape index (κ2) is 6.41. The summed E-state index contributed by atoms with van der Waals surface area (Å²) in [6, 6.07) is 0.623. The minimum atomic E-state index is 0.623. The maximum atomic E-state index is 3.48. The van der Waals surface area contributed by atoms with E-state index >= 15 is 0 Å². The lowest BCUT2D eigenvalue weighted by atomic mass is 9.85. The van der Waals surface area contributed by atoms with E-state index in [1.54, 1.807) is 0 Å². The zero-order valence-corrected chi connectivity index (χ0v) is 10.1. The van der Waals surface area contributed by atoms with E-state index in [0.717, 1.165) is 12.5 Å². The zero-order chi connectivity index (χ0) is 10.4. The van der Waals surface area contributed by atoms with Crippen LogP contribution in [0.15, 0.2) is 0 Å². The molecule has 0 aromatic carbocycles. The fourth-order valence-electron chi connectivity index (χ4n) is 1.93. The lowest BCUT2D eigenvalue weighted by Gasteiger charge is -2.31. The molecule has 0 saturated heterocycles. The first-order valence-corrected chi connectivity index (χ1v) is 6.18. The molecule has 2 heteroatoms. The minimum Gasteiger partial charge on any atom is -0.313 e.